The van der Waals surface area contributed by atoms with Crippen LogP contribution >= 0.6 is 0 Å². The second kappa shape index (κ2) is 10.5. The molecule has 0 atom stereocenters. The van der Waals surface area contributed by atoms with Crippen molar-refractivity contribution >= 4 is 59.8 Å². The van der Waals surface area contributed by atoms with Crippen LogP contribution in [0.5, 0.6) is 0 Å². The minimum atomic E-state index is -6.50. The van der Waals surface area contributed by atoms with Crippen LogP contribution in [-0.2, 0) is 59.8 Å². The lowest BCUT2D eigenvalue weighted by molar-refractivity contribution is -0.245. The van der Waals surface area contributed by atoms with Gasteiger partial charge in [-0.3, -0.25) is 0 Å². The highest BCUT2D eigenvalue weighted by Crippen LogP contribution is 2.55. The lowest BCUT2D eigenvalue weighted by Gasteiger charge is -2.35. The van der Waals surface area contributed by atoms with Crippen molar-refractivity contribution in [2.24, 2.45) is 0 Å². The summed E-state index contributed by atoms with van der Waals surface area (Å²) in [4.78, 5) is 0. The number of nitrogens with one attached hydrogen (secondary N) is 2. The summed E-state index contributed by atoms with van der Waals surface area (Å²) >= 11 is 0. The first-order valence-corrected chi connectivity index (χ1v) is 17.9. The van der Waals surface area contributed by atoms with Crippen molar-refractivity contribution < 1.29 is 90.0 Å². The van der Waals surface area contributed by atoms with Crippen molar-refractivity contribution in [1.82, 2.24) is 8.25 Å². The lowest BCUT2D eigenvalue weighted by atomic mass is 10.3. The van der Waals surface area contributed by atoms with Gasteiger partial charge in [-0.2, -0.15) is 39.5 Å². The number of hydrogen-bond donors (Lipinski definition) is 2. The fourth-order valence-electron chi connectivity index (χ4n) is 1.43. The molecule has 0 aromatic heterocycles. The van der Waals surface area contributed by atoms with Gasteiger partial charge in [-0.25, -0.2) is 50.5 Å². The molecule has 0 amide bonds. The van der Waals surface area contributed by atoms with Gasteiger partial charge in [0.1, 0.15) is 0 Å². The molecule has 0 saturated carbocycles. The lowest BCUT2D eigenvalue weighted by Crippen LogP contribution is -2.66. The third kappa shape index (κ3) is 9.91. The average Bonchev–Trinajstić information content (AvgIpc) is 2.46. The van der Waals surface area contributed by atoms with Gasteiger partial charge in [0.2, 0.25) is 49.7 Å². The topological polar surface area (TPSA) is 229 Å². The van der Waals surface area contributed by atoms with Crippen LogP contribution in [0, 0.1) is 0 Å². The van der Waals surface area contributed by atoms with Crippen molar-refractivity contribution in [3.05, 3.63) is 0 Å². The Morgan fingerprint density at radius 2 is 0.838 bits per heavy atom. The van der Waals surface area contributed by atoms with Gasteiger partial charge in [-0.15, -0.1) is 8.25 Å². The Morgan fingerprint density at radius 1 is 0.595 bits per heavy atom. The van der Waals surface area contributed by atoms with Gasteiger partial charge < -0.3 is 0 Å². The van der Waals surface area contributed by atoms with Crippen molar-refractivity contribution in [1.29, 1.82) is 0 Å². The van der Waals surface area contributed by atoms with E-state index in [4.69, 9.17) is 0 Å². The smallest absolute Gasteiger partial charge is 0.221 e. The zero-order valence-corrected chi connectivity index (χ0v) is 22.4. The fraction of sp³-hybridized carbons (Fsp3) is 1.00. The van der Waals surface area contributed by atoms with E-state index < -0.39 is 86.8 Å². The average molecular weight is 693 g/mol. The van der Waals surface area contributed by atoms with E-state index in [1.54, 1.807) is 0 Å². The molecule has 29 heteroatoms. The third-order valence-corrected chi connectivity index (χ3v) is 12.4. The summed E-state index contributed by atoms with van der Waals surface area (Å²) in [5.41, 5.74) is -5.62. The summed E-state index contributed by atoms with van der Waals surface area (Å²) in [6.45, 7) is 0. The Hall–Kier alpha value is -1.01. The minimum absolute atomic E-state index is 0.302. The fourth-order valence-corrected chi connectivity index (χ4v) is 9.53. The monoisotopic (exact) mass is 692 g/mol. The largest absolute Gasteiger partial charge is 0.512 e. The first-order valence-electron chi connectivity index (χ1n) is 7.43. The van der Waals surface area contributed by atoms with E-state index in [9.17, 15) is 90.0 Å². The van der Waals surface area contributed by atoms with E-state index in [0.717, 1.165) is 12.5 Å². The van der Waals surface area contributed by atoms with Gasteiger partial charge in [0.15, 0.2) is 5.08 Å². The molecule has 0 aromatic carbocycles. The Balaban J connectivity index is 0. The number of sulfone groups is 2. The van der Waals surface area contributed by atoms with E-state index in [2.05, 4.69) is 0 Å². The van der Waals surface area contributed by atoms with E-state index >= 15 is 0 Å². The van der Waals surface area contributed by atoms with Gasteiger partial charge in [0.25, 0.3) is 0 Å². The summed E-state index contributed by atoms with van der Waals surface area (Å²) in [5, 5.41) is -15.0. The van der Waals surface area contributed by atoms with Crippen LogP contribution in [0.25, 0.3) is 0 Å². The number of sulfonamides is 4. The summed E-state index contributed by atoms with van der Waals surface area (Å²) in [5.74, 6) is -6.50. The van der Waals surface area contributed by atoms with Crippen LogP contribution in [0.4, 0.5) is 39.5 Å². The molecular formula is C8H13F9N2O12S6. The van der Waals surface area contributed by atoms with E-state index in [-0.39, 0.29) is 0 Å². The molecule has 14 nitrogen and oxygen atoms in total. The molecule has 0 unspecified atom stereocenters. The zero-order chi connectivity index (χ0) is 31.1. The molecule has 0 aliphatic carbocycles. The molecule has 1 aliphatic rings. The molecule has 226 valence electrons. The van der Waals surface area contributed by atoms with Gasteiger partial charge in [0, 0.05) is 0 Å². The third-order valence-electron chi connectivity index (χ3n) is 2.69. The van der Waals surface area contributed by atoms with Gasteiger partial charge >= 0.3 is 32.0 Å². The number of hydrogen-bond acceptors (Lipinski definition) is 12. The molecule has 1 saturated heterocycles. The Kier molecular flexibility index (Phi) is 10.8. The molecule has 1 aliphatic heterocycles. The van der Waals surface area contributed by atoms with Gasteiger partial charge in [-0.1, -0.05) is 0 Å². The predicted molar refractivity (Wildman–Crippen MR) is 103 cm³/mol. The van der Waals surface area contributed by atoms with Crippen molar-refractivity contribution in [2.45, 2.75) is 21.9 Å². The zero-order valence-electron chi connectivity index (χ0n) is 17.5. The standard InChI is InChI=1S/C4H2F6O4S2.C2H4F3NO4S2.C2H7NO4S2/c5-2(6)3(7,8)15(11,12)1-16(13,14)4(2,9)10;1-11(7,8)6-12(9,10)2(3,4)5;1-8(4,5)3-9(2,6)7/h1H2;6H,1H3;3H,1-2H3. The molecule has 1 fully saturated rings. The summed E-state index contributed by atoms with van der Waals surface area (Å²) in [6.07, 6.45) is 1.85. The van der Waals surface area contributed by atoms with E-state index in [0.29, 0.717) is 10.4 Å². The highest BCUT2D eigenvalue weighted by Gasteiger charge is 2.85. The number of rotatable bonds is 4. The maximum Gasteiger partial charge on any atom is 0.512 e. The Labute approximate surface area is 203 Å². The van der Waals surface area contributed by atoms with Crippen molar-refractivity contribution in [2.75, 3.05) is 23.9 Å². The molecule has 0 aromatic rings. The molecule has 0 bridgehead atoms. The molecule has 1 heterocycles. The maximum absolute atomic E-state index is 12.5. The molecule has 37 heavy (non-hydrogen) atoms. The van der Waals surface area contributed by atoms with Crippen LogP contribution in [0.1, 0.15) is 0 Å². The Morgan fingerprint density at radius 3 is 0.973 bits per heavy atom. The molecule has 0 radical (unpaired) electrons. The molecule has 1 rings (SSSR count). The molecule has 2 N–H and O–H groups in total. The first-order chi connectivity index (χ1) is 15.4. The van der Waals surface area contributed by atoms with E-state index in [1.807, 2.05) is 0 Å². The minimum Gasteiger partial charge on any atom is -0.221 e. The quantitative estimate of drug-likeness (QED) is 0.321. The Bertz CT molecular complexity index is 1430. The second-order valence-electron chi connectivity index (χ2n) is 6.39. The summed E-state index contributed by atoms with van der Waals surface area (Å²) in [7, 11) is -29.9. The summed E-state index contributed by atoms with van der Waals surface area (Å²) in [6, 6.07) is 0. The predicted octanol–water partition coefficient (Wildman–Crippen LogP) is -1.51. The molecule has 0 spiro atoms. The highest BCUT2D eigenvalue weighted by molar-refractivity contribution is 8.09. The van der Waals surface area contributed by atoms with Crippen LogP contribution < -0.4 is 8.25 Å². The van der Waals surface area contributed by atoms with Crippen LogP contribution in [0.3, 0.4) is 0 Å². The molecular weight excluding hydrogens is 679 g/mol. The van der Waals surface area contributed by atoms with E-state index in [1.165, 1.54) is 4.13 Å². The SMILES string of the molecule is CS(=O)(=O)NS(=O)(=O)C(F)(F)F.CS(=O)(=O)NS(C)(=O)=O.O=S1(=O)CS(=O)(=O)C(F)(F)C(F)(F)C1(F)F. The normalized spacial score (nSPS) is 22.4. The van der Waals surface area contributed by atoms with Crippen LogP contribution in [0.15, 0.2) is 0 Å². The number of alkyl halides is 9. The van der Waals surface area contributed by atoms with Crippen LogP contribution in [-0.4, -0.2) is 96.3 Å². The maximum atomic E-state index is 12.5. The van der Waals surface area contributed by atoms with Gasteiger partial charge in [0.05, 0.1) is 18.8 Å². The van der Waals surface area contributed by atoms with Crippen LogP contribution in [0.2, 0.25) is 0 Å². The van der Waals surface area contributed by atoms with Crippen molar-refractivity contribution in [3.8, 4) is 0 Å². The van der Waals surface area contributed by atoms with Crippen molar-refractivity contribution in [3.63, 3.8) is 0 Å². The summed E-state index contributed by atoms with van der Waals surface area (Å²) < 4.78 is 234. The highest BCUT2D eigenvalue weighted by atomic mass is 32.3. The van der Waals surface area contributed by atoms with Gasteiger partial charge in [-0.05, 0) is 0 Å². The first kappa shape index (κ1) is 38.1. The number of halogens is 9. The second-order valence-corrected chi connectivity index (χ2v) is 18.3.